The van der Waals surface area contributed by atoms with Crippen LogP contribution >= 0.6 is 0 Å². The van der Waals surface area contributed by atoms with Crippen molar-refractivity contribution in [1.82, 2.24) is 9.55 Å². The number of ether oxygens (including phenoxy) is 1. The van der Waals surface area contributed by atoms with Gasteiger partial charge in [-0.1, -0.05) is 0 Å². The zero-order chi connectivity index (χ0) is 15.4. The molecule has 0 amide bonds. The summed E-state index contributed by atoms with van der Waals surface area (Å²) in [5.74, 6) is 0.566. The van der Waals surface area contributed by atoms with Crippen molar-refractivity contribution in [3.63, 3.8) is 0 Å². The van der Waals surface area contributed by atoms with Crippen molar-refractivity contribution in [2.45, 2.75) is 26.4 Å². The van der Waals surface area contributed by atoms with E-state index in [9.17, 15) is 10.1 Å². The number of nitrogens with one attached hydrogen (secondary N) is 1. The molecule has 0 atom stereocenters. The molecule has 0 unspecified atom stereocenters. The van der Waals surface area contributed by atoms with Crippen LogP contribution in [0.15, 0.2) is 30.7 Å². The van der Waals surface area contributed by atoms with Crippen molar-refractivity contribution in [3.8, 4) is 5.75 Å². The van der Waals surface area contributed by atoms with Crippen LogP contribution in [0.5, 0.6) is 5.75 Å². The fourth-order valence-electron chi connectivity index (χ4n) is 2.07. The SMILES string of the molecule is COc1ccc([N+](=O)[O-])cc1NCc1cncn1C(C)C. The van der Waals surface area contributed by atoms with Gasteiger partial charge in [0.1, 0.15) is 5.75 Å². The molecule has 112 valence electrons. The number of methoxy groups -OCH3 is 1. The summed E-state index contributed by atoms with van der Waals surface area (Å²) in [6.07, 6.45) is 3.54. The highest BCUT2D eigenvalue weighted by molar-refractivity contribution is 5.61. The van der Waals surface area contributed by atoms with Gasteiger partial charge in [-0.05, 0) is 19.9 Å². The highest BCUT2D eigenvalue weighted by atomic mass is 16.6. The highest BCUT2D eigenvalue weighted by Gasteiger charge is 2.12. The van der Waals surface area contributed by atoms with E-state index in [0.29, 0.717) is 24.0 Å². The molecule has 21 heavy (non-hydrogen) atoms. The third-order valence-electron chi connectivity index (χ3n) is 3.16. The van der Waals surface area contributed by atoms with E-state index in [2.05, 4.69) is 24.1 Å². The number of nitro groups is 1. The minimum Gasteiger partial charge on any atom is -0.495 e. The van der Waals surface area contributed by atoms with Crippen molar-refractivity contribution in [3.05, 3.63) is 46.5 Å². The van der Waals surface area contributed by atoms with Gasteiger partial charge in [-0.3, -0.25) is 10.1 Å². The van der Waals surface area contributed by atoms with Crippen LogP contribution < -0.4 is 10.1 Å². The van der Waals surface area contributed by atoms with Crippen molar-refractivity contribution < 1.29 is 9.66 Å². The van der Waals surface area contributed by atoms with Crippen molar-refractivity contribution in [1.29, 1.82) is 0 Å². The lowest BCUT2D eigenvalue weighted by Crippen LogP contribution is -2.09. The van der Waals surface area contributed by atoms with Gasteiger partial charge in [0.25, 0.3) is 5.69 Å². The number of hydrogen-bond acceptors (Lipinski definition) is 5. The molecule has 0 aliphatic rings. The molecule has 0 saturated carbocycles. The third kappa shape index (κ3) is 3.31. The number of aromatic nitrogens is 2. The lowest BCUT2D eigenvalue weighted by atomic mass is 10.2. The summed E-state index contributed by atoms with van der Waals surface area (Å²) < 4.78 is 7.26. The number of nitro benzene ring substituents is 1. The van der Waals surface area contributed by atoms with Crippen LogP contribution in [-0.4, -0.2) is 21.6 Å². The Morgan fingerprint density at radius 2 is 2.24 bits per heavy atom. The first-order valence-electron chi connectivity index (χ1n) is 6.60. The van der Waals surface area contributed by atoms with Gasteiger partial charge in [0.2, 0.25) is 0 Å². The van der Waals surface area contributed by atoms with Gasteiger partial charge in [-0.2, -0.15) is 0 Å². The van der Waals surface area contributed by atoms with Gasteiger partial charge < -0.3 is 14.6 Å². The number of hydrogen-bond donors (Lipinski definition) is 1. The van der Waals surface area contributed by atoms with Crippen LogP contribution in [-0.2, 0) is 6.54 Å². The van der Waals surface area contributed by atoms with Crippen LogP contribution in [0.2, 0.25) is 0 Å². The van der Waals surface area contributed by atoms with Crippen molar-refractivity contribution in [2.75, 3.05) is 12.4 Å². The zero-order valence-electron chi connectivity index (χ0n) is 12.2. The number of benzene rings is 1. The lowest BCUT2D eigenvalue weighted by molar-refractivity contribution is -0.384. The maximum atomic E-state index is 10.9. The Morgan fingerprint density at radius 1 is 1.48 bits per heavy atom. The Labute approximate surface area is 122 Å². The first-order chi connectivity index (χ1) is 10.0. The summed E-state index contributed by atoms with van der Waals surface area (Å²) in [5, 5.41) is 14.0. The fraction of sp³-hybridized carbons (Fsp3) is 0.357. The van der Waals surface area contributed by atoms with Crippen molar-refractivity contribution in [2.24, 2.45) is 0 Å². The summed E-state index contributed by atoms with van der Waals surface area (Å²) in [4.78, 5) is 14.6. The Kier molecular flexibility index (Phi) is 4.42. The number of nitrogens with zero attached hydrogens (tertiary/aromatic N) is 3. The maximum absolute atomic E-state index is 10.9. The standard InChI is InChI=1S/C14H18N4O3/c1-10(2)17-9-15-7-12(17)8-16-13-6-11(18(19)20)4-5-14(13)21-3/h4-7,9-10,16H,8H2,1-3H3. The van der Waals surface area contributed by atoms with Gasteiger partial charge in [0.15, 0.2) is 0 Å². The van der Waals surface area contributed by atoms with Crippen molar-refractivity contribution >= 4 is 11.4 Å². The van der Waals surface area contributed by atoms with E-state index in [0.717, 1.165) is 5.69 Å². The topological polar surface area (TPSA) is 82.2 Å². The maximum Gasteiger partial charge on any atom is 0.271 e. The van der Waals surface area contributed by atoms with Crippen LogP contribution in [0, 0.1) is 10.1 Å². The minimum absolute atomic E-state index is 0.0238. The Balaban J connectivity index is 2.20. The molecule has 0 bridgehead atoms. The molecule has 2 aromatic rings. The monoisotopic (exact) mass is 290 g/mol. The molecule has 0 spiro atoms. The normalized spacial score (nSPS) is 10.7. The molecule has 1 aromatic heterocycles. The van der Waals surface area contributed by atoms with E-state index in [-0.39, 0.29) is 5.69 Å². The molecule has 0 radical (unpaired) electrons. The predicted molar refractivity (Wildman–Crippen MR) is 79.6 cm³/mol. The average Bonchev–Trinajstić information content (AvgIpc) is 2.93. The molecule has 0 aliphatic heterocycles. The van der Waals surface area contributed by atoms with E-state index in [1.807, 2.05) is 4.57 Å². The largest absolute Gasteiger partial charge is 0.495 e. The molecule has 2 rings (SSSR count). The second kappa shape index (κ2) is 6.25. The molecule has 7 heteroatoms. The Morgan fingerprint density at radius 3 is 2.86 bits per heavy atom. The van der Waals surface area contributed by atoms with E-state index in [4.69, 9.17) is 4.74 Å². The second-order valence-electron chi connectivity index (χ2n) is 4.88. The molecule has 1 heterocycles. The Hall–Kier alpha value is -2.57. The molecule has 7 nitrogen and oxygen atoms in total. The summed E-state index contributed by atoms with van der Waals surface area (Å²) in [6.45, 7) is 4.65. The number of imidazole rings is 1. The van der Waals surface area contributed by atoms with E-state index in [1.54, 1.807) is 18.6 Å². The highest BCUT2D eigenvalue weighted by Crippen LogP contribution is 2.29. The van der Waals surface area contributed by atoms with Crippen LogP contribution in [0.1, 0.15) is 25.6 Å². The number of anilines is 1. The van der Waals surface area contributed by atoms with E-state index >= 15 is 0 Å². The molecular formula is C14H18N4O3. The summed E-state index contributed by atoms with van der Waals surface area (Å²) >= 11 is 0. The molecule has 0 aliphatic carbocycles. The van der Waals surface area contributed by atoms with Crippen LogP contribution in [0.3, 0.4) is 0 Å². The molecule has 0 saturated heterocycles. The summed E-state index contributed by atoms with van der Waals surface area (Å²) in [7, 11) is 1.53. The summed E-state index contributed by atoms with van der Waals surface area (Å²) in [5.41, 5.74) is 1.61. The second-order valence-corrected chi connectivity index (χ2v) is 4.88. The van der Waals surface area contributed by atoms with Crippen LogP contribution in [0.4, 0.5) is 11.4 Å². The zero-order valence-corrected chi connectivity index (χ0v) is 12.2. The van der Waals surface area contributed by atoms with Gasteiger partial charge in [0, 0.05) is 24.4 Å². The fourth-order valence-corrected chi connectivity index (χ4v) is 2.07. The number of rotatable bonds is 6. The van der Waals surface area contributed by atoms with Gasteiger partial charge >= 0.3 is 0 Å². The van der Waals surface area contributed by atoms with Crippen LogP contribution in [0.25, 0.3) is 0 Å². The number of non-ortho nitro benzene ring substituents is 1. The Bertz CT molecular complexity index is 637. The third-order valence-corrected chi connectivity index (χ3v) is 3.16. The first kappa shape index (κ1) is 14.8. The molecular weight excluding hydrogens is 272 g/mol. The molecule has 1 aromatic carbocycles. The quantitative estimate of drug-likeness (QED) is 0.653. The van der Waals surface area contributed by atoms with Gasteiger partial charge in [0.05, 0.1) is 36.3 Å². The molecule has 1 N–H and O–H groups in total. The average molecular weight is 290 g/mol. The summed E-state index contributed by atoms with van der Waals surface area (Å²) in [6, 6.07) is 4.77. The first-order valence-corrected chi connectivity index (χ1v) is 6.60. The minimum atomic E-state index is -0.428. The van der Waals surface area contributed by atoms with Gasteiger partial charge in [-0.15, -0.1) is 0 Å². The lowest BCUT2D eigenvalue weighted by Gasteiger charge is -2.14. The smallest absolute Gasteiger partial charge is 0.271 e. The molecule has 0 fully saturated rings. The van der Waals surface area contributed by atoms with E-state index < -0.39 is 4.92 Å². The predicted octanol–water partition coefficient (Wildman–Crippen LogP) is 2.99. The van der Waals surface area contributed by atoms with Gasteiger partial charge in [-0.25, -0.2) is 4.98 Å². The van der Waals surface area contributed by atoms with E-state index in [1.165, 1.54) is 19.2 Å².